The molecule has 0 amide bonds. The van der Waals surface area contributed by atoms with E-state index in [1.807, 2.05) is 12.3 Å². The van der Waals surface area contributed by atoms with Crippen LogP contribution in [0.3, 0.4) is 0 Å². The molecule has 2 aromatic heterocycles. The lowest BCUT2D eigenvalue weighted by Gasteiger charge is -2.40. The van der Waals surface area contributed by atoms with E-state index >= 15 is 0 Å². The number of H-pyrrole nitrogens is 1. The highest BCUT2D eigenvalue weighted by molar-refractivity contribution is 7.75. The Balaban J connectivity index is 1.44. The first-order valence-corrected chi connectivity index (χ1v) is 12.1. The van der Waals surface area contributed by atoms with Crippen LogP contribution in [-0.4, -0.2) is 41.3 Å². The number of nitrogens with zero attached hydrogens (tertiary/aromatic N) is 4. The summed E-state index contributed by atoms with van der Waals surface area (Å²) in [5.74, 6) is 3.11. The monoisotopic (exact) mass is 457 g/mol. The van der Waals surface area contributed by atoms with Crippen molar-refractivity contribution in [3.63, 3.8) is 0 Å². The van der Waals surface area contributed by atoms with Crippen molar-refractivity contribution >= 4 is 51.8 Å². The van der Waals surface area contributed by atoms with Gasteiger partial charge in [0.25, 0.3) is 0 Å². The van der Waals surface area contributed by atoms with Gasteiger partial charge >= 0.3 is 0 Å². The smallest absolute Gasteiger partial charge is 0.208 e. The highest BCUT2D eigenvalue weighted by Crippen LogP contribution is 2.49. The largest absolute Gasteiger partial charge is 0.428 e. The van der Waals surface area contributed by atoms with E-state index < -0.39 is 0 Å². The molecule has 2 saturated carbocycles. The van der Waals surface area contributed by atoms with Crippen molar-refractivity contribution in [3.8, 4) is 27.4 Å². The molecule has 6 nitrogen and oxygen atoms in total. The average molecular weight is 457 g/mol. The molecule has 2 heterocycles. The van der Waals surface area contributed by atoms with Gasteiger partial charge in [-0.3, -0.25) is 5.10 Å². The van der Waals surface area contributed by atoms with E-state index in [4.69, 9.17) is 4.18 Å². The molecule has 2 bridgehead atoms. The Labute approximate surface area is 189 Å². The van der Waals surface area contributed by atoms with Gasteiger partial charge < -0.3 is 9.08 Å². The van der Waals surface area contributed by atoms with Gasteiger partial charge in [-0.25, -0.2) is 0 Å². The molecule has 0 radical (unpaired) electrons. The van der Waals surface area contributed by atoms with Gasteiger partial charge in [-0.2, -0.15) is 5.10 Å². The second-order valence-electron chi connectivity index (χ2n) is 8.62. The molecule has 156 valence electrons. The first-order chi connectivity index (χ1) is 14.5. The zero-order chi connectivity index (χ0) is 20.8. The van der Waals surface area contributed by atoms with E-state index in [9.17, 15) is 0 Å². The Bertz CT molecular complexity index is 1050. The number of aromatic amines is 1. The second-order valence-corrected chi connectivity index (χ2v) is 10.4. The highest BCUT2D eigenvalue weighted by atomic mass is 32.1. The van der Waals surface area contributed by atoms with Crippen LogP contribution in [0, 0.1) is 11.8 Å². The molecular formula is C20H25BN5OPS2. The molecule has 2 aliphatic rings. The van der Waals surface area contributed by atoms with Crippen molar-refractivity contribution in [1.29, 1.82) is 0 Å². The third kappa shape index (κ3) is 3.55. The van der Waals surface area contributed by atoms with E-state index in [-0.39, 0.29) is 0 Å². The zero-order valence-corrected chi connectivity index (χ0v) is 19.9. The summed E-state index contributed by atoms with van der Waals surface area (Å²) in [7, 11) is 7.38. The van der Waals surface area contributed by atoms with Crippen molar-refractivity contribution in [2.45, 2.75) is 37.5 Å². The highest BCUT2D eigenvalue weighted by Gasteiger charge is 2.41. The van der Waals surface area contributed by atoms with Crippen LogP contribution in [0.15, 0.2) is 24.5 Å². The number of fused-ring (bicyclic) bond motifs is 2. The standard InChI is InChI=1S/C20H25BN5OPS2/c1-26(15-5-10-2-3-11(4-10)18(15)21)20-25-24-19(30-20)14-7-17(28)13(6-16(14)27-29)12-8-22-23-9-12/h6-11,15,18,29H,2-5,21,28H2,1H3,(H,22,23)/t10-,11+,15+,18-/m1/s1. The molecule has 2 aliphatic carbocycles. The maximum Gasteiger partial charge on any atom is 0.208 e. The lowest BCUT2D eigenvalue weighted by atomic mass is 9.65. The van der Waals surface area contributed by atoms with Crippen LogP contribution in [0.4, 0.5) is 5.13 Å². The maximum absolute atomic E-state index is 5.41. The van der Waals surface area contributed by atoms with E-state index in [1.165, 1.54) is 25.7 Å². The average Bonchev–Trinajstić information content (AvgIpc) is 3.51. The predicted molar refractivity (Wildman–Crippen MR) is 132 cm³/mol. The van der Waals surface area contributed by atoms with Crippen LogP contribution in [0.1, 0.15) is 25.7 Å². The Morgan fingerprint density at radius 1 is 1.27 bits per heavy atom. The van der Waals surface area contributed by atoms with E-state index in [0.29, 0.717) is 17.6 Å². The molecule has 1 aromatic carbocycles. The molecule has 1 unspecified atom stereocenters. The predicted octanol–water partition coefficient (Wildman–Crippen LogP) is 3.37. The summed E-state index contributed by atoms with van der Waals surface area (Å²) in [4.78, 5) is 2.36. The van der Waals surface area contributed by atoms with E-state index in [0.717, 1.165) is 44.0 Å². The number of thiol groups is 1. The van der Waals surface area contributed by atoms with Gasteiger partial charge in [0.05, 0.1) is 11.8 Å². The second kappa shape index (κ2) is 8.17. The minimum Gasteiger partial charge on any atom is -0.428 e. The van der Waals surface area contributed by atoms with Gasteiger partial charge in [0, 0.05) is 37.8 Å². The number of hydrogen-bond donors (Lipinski definition) is 2. The van der Waals surface area contributed by atoms with E-state index in [2.05, 4.69) is 68.4 Å². The summed E-state index contributed by atoms with van der Waals surface area (Å²) in [6, 6.07) is 4.58. The van der Waals surface area contributed by atoms with Gasteiger partial charge in [0.2, 0.25) is 5.13 Å². The molecule has 0 spiro atoms. The number of aromatic nitrogens is 4. The van der Waals surface area contributed by atoms with Crippen molar-refractivity contribution in [2.75, 3.05) is 11.9 Å². The topological polar surface area (TPSA) is 66.9 Å². The molecular weight excluding hydrogens is 432 g/mol. The van der Waals surface area contributed by atoms with Gasteiger partial charge in [-0.15, -0.1) is 19.4 Å². The quantitative estimate of drug-likeness (QED) is 0.266. The fourth-order valence-electron chi connectivity index (χ4n) is 5.28. The fraction of sp³-hybridized carbons (Fsp3) is 0.450. The minimum atomic E-state index is 0.540. The summed E-state index contributed by atoms with van der Waals surface area (Å²) < 4.78 is 5.41. The van der Waals surface area contributed by atoms with Crippen LogP contribution in [-0.2, 0) is 0 Å². The van der Waals surface area contributed by atoms with E-state index in [1.54, 1.807) is 17.5 Å². The third-order valence-electron chi connectivity index (χ3n) is 7.01. The van der Waals surface area contributed by atoms with Crippen LogP contribution in [0.5, 0.6) is 5.75 Å². The van der Waals surface area contributed by atoms with Crippen molar-refractivity contribution < 1.29 is 4.18 Å². The Hall–Kier alpha value is -1.57. The summed E-state index contributed by atoms with van der Waals surface area (Å²) in [5.41, 5.74) is 2.92. The van der Waals surface area contributed by atoms with Crippen LogP contribution in [0.2, 0.25) is 5.82 Å². The Kier molecular flexibility index (Phi) is 5.54. The van der Waals surface area contributed by atoms with Gasteiger partial charge in [0.1, 0.15) is 13.6 Å². The van der Waals surface area contributed by atoms with Crippen molar-refractivity contribution in [3.05, 3.63) is 24.5 Å². The van der Waals surface area contributed by atoms with Crippen LogP contribution < -0.4 is 14.4 Å². The number of anilines is 1. The lowest BCUT2D eigenvalue weighted by molar-refractivity contribution is 0.314. The minimum absolute atomic E-state index is 0.540. The molecule has 5 rings (SSSR count). The normalized spacial score (nSPS) is 25.4. The van der Waals surface area contributed by atoms with Crippen LogP contribution >= 0.6 is 33.5 Å². The molecule has 0 aliphatic heterocycles. The SMILES string of the molecule is B[C@@H]1[C@H]2CC[C@H](C2)C[C@@H]1N(C)c1nnc(-c2cc(P)c(-c3cn[nH]c3)cc2OS)s1. The summed E-state index contributed by atoms with van der Waals surface area (Å²) in [6.07, 6.45) is 9.12. The molecule has 3 aromatic rings. The van der Waals surface area contributed by atoms with Crippen molar-refractivity contribution in [2.24, 2.45) is 11.8 Å². The summed E-state index contributed by atoms with van der Waals surface area (Å²) in [6.45, 7) is 0. The number of rotatable bonds is 5. The molecule has 2 fully saturated rings. The Morgan fingerprint density at radius 3 is 2.90 bits per heavy atom. The number of hydrogen-bond acceptors (Lipinski definition) is 7. The molecule has 0 saturated heterocycles. The maximum atomic E-state index is 5.41. The fourth-order valence-corrected chi connectivity index (χ4v) is 6.74. The molecule has 1 N–H and O–H groups in total. The first-order valence-electron chi connectivity index (χ1n) is 10.4. The van der Waals surface area contributed by atoms with Crippen LogP contribution in [0.25, 0.3) is 21.7 Å². The first kappa shape index (κ1) is 20.3. The van der Waals surface area contributed by atoms with Gasteiger partial charge in [-0.05, 0) is 53.5 Å². The summed E-state index contributed by atoms with van der Waals surface area (Å²) in [5, 5.41) is 18.8. The molecule has 30 heavy (non-hydrogen) atoms. The van der Waals surface area contributed by atoms with Crippen molar-refractivity contribution in [1.82, 2.24) is 20.4 Å². The number of nitrogens with one attached hydrogen (secondary N) is 1. The molecule has 10 heteroatoms. The van der Waals surface area contributed by atoms with Gasteiger partial charge in [-0.1, -0.05) is 24.2 Å². The lowest BCUT2D eigenvalue weighted by Crippen LogP contribution is -2.41. The number of benzene rings is 1. The van der Waals surface area contributed by atoms with Gasteiger partial charge in [0.15, 0.2) is 5.01 Å². The Morgan fingerprint density at radius 2 is 2.13 bits per heavy atom. The third-order valence-corrected chi connectivity index (χ3v) is 8.73. The zero-order valence-electron chi connectivity index (χ0n) is 17.1. The molecule has 5 atom stereocenters. The summed E-state index contributed by atoms with van der Waals surface area (Å²) >= 11 is 5.71.